The van der Waals surface area contributed by atoms with Crippen molar-refractivity contribution in [3.8, 4) is 11.5 Å². The first-order valence-corrected chi connectivity index (χ1v) is 11.3. The molecule has 32 heavy (non-hydrogen) atoms. The van der Waals surface area contributed by atoms with Crippen LogP contribution in [0.15, 0.2) is 78.9 Å². The molecule has 0 fully saturated rings. The molecule has 0 aliphatic carbocycles. The van der Waals surface area contributed by atoms with Crippen molar-refractivity contribution in [3.63, 3.8) is 0 Å². The van der Waals surface area contributed by atoms with E-state index < -0.39 is 5.97 Å². The van der Waals surface area contributed by atoms with Crippen molar-refractivity contribution < 1.29 is 19.1 Å². The summed E-state index contributed by atoms with van der Waals surface area (Å²) in [4.78, 5) is 25.6. The van der Waals surface area contributed by atoms with Gasteiger partial charge in [-0.15, -0.1) is 0 Å². The second-order valence-corrected chi connectivity index (χ2v) is 7.72. The molecule has 0 spiro atoms. The Balaban J connectivity index is 1.73. The number of carbonyl (C=O) groups excluding carboxylic acids is 2. The van der Waals surface area contributed by atoms with Gasteiger partial charge >= 0.3 is 5.97 Å². The summed E-state index contributed by atoms with van der Waals surface area (Å²) in [6.45, 7) is 2.75. The van der Waals surface area contributed by atoms with Crippen LogP contribution in [0.3, 0.4) is 0 Å². The molecule has 0 aliphatic rings. The lowest BCUT2D eigenvalue weighted by Gasteiger charge is -2.13. The van der Waals surface area contributed by atoms with E-state index in [9.17, 15) is 9.59 Å². The highest BCUT2D eigenvalue weighted by molar-refractivity contribution is 6.11. The Bertz CT molecular complexity index is 996. The fourth-order valence-corrected chi connectivity index (χ4v) is 3.43. The minimum Gasteiger partial charge on any atom is -0.493 e. The van der Waals surface area contributed by atoms with Gasteiger partial charge in [0.15, 0.2) is 5.78 Å². The summed E-state index contributed by atoms with van der Waals surface area (Å²) in [6, 6.07) is 22.8. The summed E-state index contributed by atoms with van der Waals surface area (Å²) >= 11 is 0. The zero-order chi connectivity index (χ0) is 22.6. The number of rotatable bonds is 12. The van der Waals surface area contributed by atoms with Crippen LogP contribution in [0.25, 0.3) is 0 Å². The number of carbonyl (C=O) groups is 2. The van der Waals surface area contributed by atoms with Gasteiger partial charge in [0.2, 0.25) is 0 Å². The maximum Gasteiger partial charge on any atom is 0.343 e. The van der Waals surface area contributed by atoms with Crippen LogP contribution in [-0.2, 0) is 0 Å². The van der Waals surface area contributed by atoms with Gasteiger partial charge in [-0.25, -0.2) is 4.79 Å². The molecule has 4 nitrogen and oxygen atoms in total. The first-order valence-electron chi connectivity index (χ1n) is 11.3. The highest BCUT2D eigenvalue weighted by atomic mass is 16.5. The first kappa shape index (κ1) is 23.3. The molecule has 3 rings (SSSR count). The van der Waals surface area contributed by atoms with E-state index in [1.807, 2.05) is 24.3 Å². The van der Waals surface area contributed by atoms with Crippen molar-refractivity contribution in [1.82, 2.24) is 0 Å². The summed E-state index contributed by atoms with van der Waals surface area (Å²) in [7, 11) is 0. The van der Waals surface area contributed by atoms with Crippen LogP contribution in [0, 0.1) is 0 Å². The lowest BCUT2D eigenvalue weighted by Crippen LogP contribution is -2.10. The Kier molecular flexibility index (Phi) is 9.05. The van der Waals surface area contributed by atoms with E-state index in [-0.39, 0.29) is 5.78 Å². The molecular formula is C28H30O4. The molecule has 166 valence electrons. The molecule has 0 atom stereocenters. The quantitative estimate of drug-likeness (QED) is 0.136. The third-order valence-electron chi connectivity index (χ3n) is 5.21. The van der Waals surface area contributed by atoms with Crippen LogP contribution in [-0.4, -0.2) is 18.4 Å². The van der Waals surface area contributed by atoms with Gasteiger partial charge in [-0.3, -0.25) is 4.79 Å². The van der Waals surface area contributed by atoms with E-state index >= 15 is 0 Å². The number of hydrogen-bond donors (Lipinski definition) is 0. The Hall–Kier alpha value is -3.40. The lowest BCUT2D eigenvalue weighted by molar-refractivity contribution is 0.0733. The van der Waals surface area contributed by atoms with Crippen molar-refractivity contribution in [3.05, 3.63) is 95.6 Å². The third-order valence-corrected chi connectivity index (χ3v) is 5.21. The molecule has 3 aromatic rings. The number of ketones is 1. The van der Waals surface area contributed by atoms with Gasteiger partial charge in [0.1, 0.15) is 11.5 Å². The predicted molar refractivity (Wildman–Crippen MR) is 127 cm³/mol. The van der Waals surface area contributed by atoms with Crippen LogP contribution in [0.4, 0.5) is 0 Å². The molecule has 0 radical (unpaired) electrons. The second kappa shape index (κ2) is 12.5. The topological polar surface area (TPSA) is 52.6 Å². The van der Waals surface area contributed by atoms with Crippen molar-refractivity contribution in [1.29, 1.82) is 0 Å². The third kappa shape index (κ3) is 6.81. The summed E-state index contributed by atoms with van der Waals surface area (Å²) in [5.74, 6) is 0.183. The van der Waals surface area contributed by atoms with E-state index in [1.165, 1.54) is 25.7 Å². The number of benzene rings is 3. The van der Waals surface area contributed by atoms with E-state index in [4.69, 9.17) is 9.47 Å². The molecule has 0 aromatic heterocycles. The molecule has 0 bridgehead atoms. The van der Waals surface area contributed by atoms with E-state index in [0.29, 0.717) is 34.8 Å². The maximum absolute atomic E-state index is 13.2. The summed E-state index contributed by atoms with van der Waals surface area (Å²) in [5, 5.41) is 0. The number of unbranched alkanes of at least 4 members (excludes halogenated alkanes) is 5. The Morgan fingerprint density at radius 3 is 2.03 bits per heavy atom. The molecular weight excluding hydrogens is 400 g/mol. The van der Waals surface area contributed by atoms with Crippen LogP contribution >= 0.6 is 0 Å². The Morgan fingerprint density at radius 1 is 0.719 bits per heavy atom. The highest BCUT2D eigenvalue weighted by Crippen LogP contribution is 2.28. The fraction of sp³-hybridized carbons (Fsp3) is 0.286. The van der Waals surface area contributed by atoms with Gasteiger partial charge in [-0.05, 0) is 36.8 Å². The zero-order valence-corrected chi connectivity index (χ0v) is 18.6. The van der Waals surface area contributed by atoms with Crippen molar-refractivity contribution in [2.75, 3.05) is 6.61 Å². The van der Waals surface area contributed by atoms with Gasteiger partial charge in [0.05, 0.1) is 17.7 Å². The zero-order valence-electron chi connectivity index (χ0n) is 18.6. The van der Waals surface area contributed by atoms with Gasteiger partial charge < -0.3 is 9.47 Å². The molecule has 0 amide bonds. The van der Waals surface area contributed by atoms with E-state index in [2.05, 4.69) is 6.92 Å². The molecule has 0 saturated heterocycles. The highest BCUT2D eigenvalue weighted by Gasteiger charge is 2.18. The normalized spacial score (nSPS) is 10.5. The summed E-state index contributed by atoms with van der Waals surface area (Å²) in [6.07, 6.45) is 6.97. The average molecular weight is 431 g/mol. The minimum absolute atomic E-state index is 0.166. The SMILES string of the molecule is CCCCCCCCOc1ccc(OC(=O)c2ccccc2)cc1C(=O)c1ccccc1. The van der Waals surface area contributed by atoms with Crippen LogP contribution in [0.2, 0.25) is 0 Å². The molecule has 0 N–H and O–H groups in total. The van der Waals surface area contributed by atoms with Crippen molar-refractivity contribution in [2.24, 2.45) is 0 Å². The van der Waals surface area contributed by atoms with Gasteiger partial charge in [0, 0.05) is 5.56 Å². The number of esters is 1. The molecule has 0 saturated carbocycles. The molecule has 0 heterocycles. The molecule has 4 heteroatoms. The van der Waals surface area contributed by atoms with Crippen LogP contribution in [0.1, 0.15) is 71.7 Å². The average Bonchev–Trinajstić information content (AvgIpc) is 2.84. The van der Waals surface area contributed by atoms with E-state index in [0.717, 1.165) is 12.8 Å². The summed E-state index contributed by atoms with van der Waals surface area (Å²) < 4.78 is 11.5. The number of ether oxygens (including phenoxy) is 2. The first-order chi connectivity index (χ1) is 15.7. The van der Waals surface area contributed by atoms with Crippen LogP contribution < -0.4 is 9.47 Å². The van der Waals surface area contributed by atoms with Crippen LogP contribution in [0.5, 0.6) is 11.5 Å². The van der Waals surface area contributed by atoms with Gasteiger partial charge in [0.25, 0.3) is 0 Å². The standard InChI is InChI=1S/C28H30O4/c1-2-3-4-5-6-13-20-31-26-19-18-24(32-28(30)23-16-11-8-12-17-23)21-25(26)27(29)22-14-9-7-10-15-22/h7-12,14-19,21H,2-6,13,20H2,1H3. The second-order valence-electron chi connectivity index (χ2n) is 7.72. The summed E-state index contributed by atoms with van der Waals surface area (Å²) in [5.41, 5.74) is 1.40. The Labute approximate surface area is 190 Å². The van der Waals surface area contributed by atoms with E-state index in [1.54, 1.807) is 54.6 Å². The lowest BCUT2D eigenvalue weighted by atomic mass is 10.0. The molecule has 0 aliphatic heterocycles. The monoisotopic (exact) mass is 430 g/mol. The molecule has 0 unspecified atom stereocenters. The molecule has 3 aromatic carbocycles. The predicted octanol–water partition coefficient (Wildman–Crippen LogP) is 6.88. The smallest absolute Gasteiger partial charge is 0.343 e. The minimum atomic E-state index is -0.468. The number of hydrogen-bond acceptors (Lipinski definition) is 4. The Morgan fingerprint density at radius 2 is 1.34 bits per heavy atom. The van der Waals surface area contributed by atoms with Gasteiger partial charge in [-0.1, -0.05) is 87.6 Å². The fourth-order valence-electron chi connectivity index (χ4n) is 3.43. The van der Waals surface area contributed by atoms with Crippen molar-refractivity contribution >= 4 is 11.8 Å². The maximum atomic E-state index is 13.2. The van der Waals surface area contributed by atoms with Crippen molar-refractivity contribution in [2.45, 2.75) is 45.4 Å². The van der Waals surface area contributed by atoms with Gasteiger partial charge in [-0.2, -0.15) is 0 Å². The largest absolute Gasteiger partial charge is 0.493 e.